The zero-order chi connectivity index (χ0) is 35.1. The maximum atomic E-state index is 12.4. The number of phenols is 3. The molecule has 0 saturated carbocycles. The van der Waals surface area contributed by atoms with Crippen molar-refractivity contribution in [1.82, 2.24) is 4.72 Å². The fourth-order valence-electron chi connectivity index (χ4n) is 5.98. The molecule has 0 unspecified atom stereocenters. The summed E-state index contributed by atoms with van der Waals surface area (Å²) in [6.45, 7) is 3.05. The molecule has 0 saturated heterocycles. The van der Waals surface area contributed by atoms with Gasteiger partial charge in [0.1, 0.15) is 23.0 Å². The second-order valence-corrected chi connectivity index (χ2v) is 15.2. The van der Waals surface area contributed by atoms with E-state index in [9.17, 15) is 46.1 Å². The van der Waals surface area contributed by atoms with Crippen molar-refractivity contribution in [3.05, 3.63) is 104 Å². The van der Waals surface area contributed by atoms with Crippen molar-refractivity contribution >= 4 is 38.1 Å². The predicted octanol–water partition coefficient (Wildman–Crippen LogP) is 4.36. The van der Waals surface area contributed by atoms with E-state index < -0.39 is 42.5 Å². The average Bonchev–Trinajstić information content (AvgIpc) is 2.97. The van der Waals surface area contributed by atoms with Crippen LogP contribution in [0.15, 0.2) is 58.3 Å². The lowest BCUT2D eigenvalue weighted by molar-refractivity contribution is -0.121. The van der Waals surface area contributed by atoms with Crippen molar-refractivity contribution in [1.29, 1.82) is 0 Å². The Balaban J connectivity index is 1.84. The quantitative estimate of drug-likeness (QED) is 0.107. The molecule has 0 aromatic heterocycles. The van der Waals surface area contributed by atoms with Gasteiger partial charge in [-0.25, -0.2) is 0 Å². The van der Waals surface area contributed by atoms with Gasteiger partial charge < -0.3 is 20.1 Å². The number of aromatic hydroxyl groups is 3. The number of benzene rings is 4. The smallest absolute Gasteiger partial charge is 0.294 e. The van der Waals surface area contributed by atoms with Crippen LogP contribution >= 0.6 is 11.9 Å². The number of amides is 1. The van der Waals surface area contributed by atoms with Gasteiger partial charge in [0, 0.05) is 54.2 Å². The lowest BCUT2D eigenvalue weighted by atomic mass is 9.90. The number of carbonyl (C=O) groups is 1. The Labute approximate surface area is 282 Å². The van der Waals surface area contributed by atoms with Crippen molar-refractivity contribution in [3.8, 4) is 23.0 Å². The molecule has 15 heteroatoms. The highest BCUT2D eigenvalue weighted by Crippen LogP contribution is 2.40. The van der Waals surface area contributed by atoms with Crippen molar-refractivity contribution in [2.24, 2.45) is 0 Å². The van der Waals surface area contributed by atoms with Crippen LogP contribution in [0, 0.1) is 13.8 Å². The molecule has 0 radical (unpaired) electrons. The Morgan fingerprint density at radius 1 is 0.646 bits per heavy atom. The Morgan fingerprint density at radius 2 is 0.958 bits per heavy atom. The number of nitrogens with one attached hydrogen (secondary N) is 1. The number of fused-ring (bicyclic) bond motifs is 8. The molecule has 0 aliphatic heterocycles. The normalized spacial score (nSPS) is 13.2. The maximum absolute atomic E-state index is 12.4. The average molecular weight is 716 g/mol. The Bertz CT molecular complexity index is 2040. The van der Waals surface area contributed by atoms with Crippen LogP contribution in [-0.2, 0) is 50.7 Å². The molecule has 5 rings (SSSR count). The molecule has 4 aromatic rings. The third-order valence-corrected chi connectivity index (χ3v) is 10.1. The number of ether oxygens (including phenoxy) is 1. The second kappa shape index (κ2) is 13.3. The maximum Gasteiger partial charge on any atom is 0.294 e. The van der Waals surface area contributed by atoms with Gasteiger partial charge in [-0.05, 0) is 60.4 Å². The largest absolute Gasteiger partial charge is 0.507 e. The number of hydrogen-bond acceptors (Lipinski definition) is 10. The van der Waals surface area contributed by atoms with Gasteiger partial charge in [0.15, 0.2) is 6.61 Å². The lowest BCUT2D eigenvalue weighted by Gasteiger charge is -2.21. The molecular formula is C33H33NO11S3. The highest BCUT2D eigenvalue weighted by Gasteiger charge is 2.25. The third kappa shape index (κ3) is 7.55. The van der Waals surface area contributed by atoms with E-state index in [-0.39, 0.29) is 82.1 Å². The van der Waals surface area contributed by atoms with Gasteiger partial charge in [-0.1, -0.05) is 47.3 Å². The molecule has 1 aliphatic carbocycles. The van der Waals surface area contributed by atoms with E-state index in [2.05, 4.69) is 4.72 Å². The molecule has 0 fully saturated rings. The van der Waals surface area contributed by atoms with Gasteiger partial charge in [0.05, 0.1) is 9.79 Å². The summed E-state index contributed by atoms with van der Waals surface area (Å²) in [4.78, 5) is 11.5. The number of phenolic OH excluding ortho intramolecular Hbond substituents is 3. The number of carbonyl (C=O) groups excluding carboxylic acids is 1. The molecule has 254 valence electrons. The third-order valence-electron chi connectivity index (χ3n) is 7.96. The Morgan fingerprint density at radius 3 is 1.29 bits per heavy atom. The van der Waals surface area contributed by atoms with Gasteiger partial charge in [0.25, 0.3) is 26.1 Å². The first-order valence-corrected chi connectivity index (χ1v) is 18.6. The van der Waals surface area contributed by atoms with Gasteiger partial charge in [-0.2, -0.15) is 16.8 Å². The van der Waals surface area contributed by atoms with Crippen molar-refractivity contribution in [2.45, 2.75) is 49.3 Å². The summed E-state index contributed by atoms with van der Waals surface area (Å²) in [6, 6.07) is 11.1. The molecule has 6 N–H and O–H groups in total. The molecule has 48 heavy (non-hydrogen) atoms. The van der Waals surface area contributed by atoms with E-state index in [4.69, 9.17) is 4.74 Å². The van der Waals surface area contributed by atoms with E-state index in [0.29, 0.717) is 22.3 Å². The van der Waals surface area contributed by atoms with Crippen LogP contribution in [0.5, 0.6) is 23.0 Å². The van der Waals surface area contributed by atoms with E-state index in [1.807, 2.05) is 0 Å². The van der Waals surface area contributed by atoms with E-state index >= 15 is 0 Å². The first-order valence-electron chi connectivity index (χ1n) is 14.5. The van der Waals surface area contributed by atoms with Crippen LogP contribution in [-0.4, -0.2) is 60.0 Å². The highest BCUT2D eigenvalue weighted by molar-refractivity contribution is 7.97. The van der Waals surface area contributed by atoms with Gasteiger partial charge in [-0.3, -0.25) is 18.6 Å². The van der Waals surface area contributed by atoms with Crippen LogP contribution in [0.25, 0.3) is 0 Å². The van der Waals surface area contributed by atoms with E-state index in [0.717, 1.165) is 36.2 Å². The van der Waals surface area contributed by atoms with Crippen LogP contribution in [0.1, 0.15) is 55.6 Å². The Kier molecular flexibility index (Phi) is 9.72. The predicted molar refractivity (Wildman–Crippen MR) is 178 cm³/mol. The van der Waals surface area contributed by atoms with Crippen LogP contribution in [0.2, 0.25) is 0 Å². The highest BCUT2D eigenvalue weighted by atomic mass is 32.2. The Hall–Kier alpha value is -4.28. The van der Waals surface area contributed by atoms with Gasteiger partial charge >= 0.3 is 0 Å². The molecule has 0 heterocycles. The fourth-order valence-corrected chi connectivity index (χ4v) is 7.43. The van der Waals surface area contributed by atoms with Crippen LogP contribution in [0.3, 0.4) is 0 Å². The molecular weight excluding hydrogens is 683 g/mol. The first-order chi connectivity index (χ1) is 22.4. The van der Waals surface area contributed by atoms with Crippen LogP contribution in [0.4, 0.5) is 0 Å². The molecule has 1 amide bonds. The summed E-state index contributed by atoms with van der Waals surface area (Å²) >= 11 is 1.06. The van der Waals surface area contributed by atoms with Gasteiger partial charge in [-0.15, -0.1) is 0 Å². The van der Waals surface area contributed by atoms with E-state index in [1.165, 1.54) is 0 Å². The number of aryl methyl sites for hydroxylation is 2. The zero-order valence-corrected chi connectivity index (χ0v) is 28.5. The standard InChI is InChI=1S/C33H33NO11S3/c1-17-4-19-8-21-12-27(47(39,40)41)14-23(31(21)37)10-25-6-18(2)7-26(33(25)45-16-29(35)34-46-3)11-24-15-28(48(42,43)44)13-22(32(24)38)9-20(5-17)30(19)36/h4-7,12-15,36-38H,8-11,16H2,1-3H3,(H,34,35)(H,39,40,41)(H,42,43,44). The number of hydrogen-bond donors (Lipinski definition) is 6. The van der Waals surface area contributed by atoms with Gasteiger partial charge in [0.2, 0.25) is 0 Å². The first kappa shape index (κ1) is 35.0. The monoisotopic (exact) mass is 715 g/mol. The summed E-state index contributed by atoms with van der Waals surface area (Å²) < 4.78 is 78.1. The zero-order valence-electron chi connectivity index (χ0n) is 26.1. The minimum Gasteiger partial charge on any atom is -0.507 e. The molecule has 0 atom stereocenters. The van der Waals surface area contributed by atoms with Crippen molar-refractivity contribution in [2.75, 3.05) is 12.9 Å². The summed E-state index contributed by atoms with van der Waals surface area (Å²) in [5, 5.41) is 34.3. The SMILES string of the molecule is CSNC(=O)COc1c2cc(C)cc1Cc1cc(S(=O)(=O)O)cc(c1O)Cc1cc(C)cc(c1O)Cc1cc(S(=O)(=O)O)cc(c1O)C2. The minimum absolute atomic E-state index is 0.0762. The molecule has 1 aliphatic rings. The van der Waals surface area contributed by atoms with E-state index in [1.54, 1.807) is 44.4 Å². The summed E-state index contributed by atoms with van der Waals surface area (Å²) in [5.74, 6) is -1.14. The topological polar surface area (TPSA) is 208 Å². The van der Waals surface area contributed by atoms with Crippen LogP contribution < -0.4 is 9.46 Å². The minimum atomic E-state index is -4.75. The lowest BCUT2D eigenvalue weighted by Crippen LogP contribution is -2.23. The molecule has 0 spiro atoms. The fraction of sp³-hybridized carbons (Fsp3) is 0.242. The summed E-state index contributed by atoms with van der Waals surface area (Å²) in [5.41, 5.74) is 3.02. The van der Waals surface area contributed by atoms with Crippen molar-refractivity contribution < 1.29 is 50.8 Å². The molecule has 4 aromatic carbocycles. The van der Waals surface area contributed by atoms with Crippen molar-refractivity contribution in [3.63, 3.8) is 0 Å². The molecule has 12 nitrogen and oxygen atoms in total. The number of rotatable bonds is 6. The molecule has 8 bridgehead atoms. The second-order valence-electron chi connectivity index (χ2n) is 11.7. The summed E-state index contributed by atoms with van der Waals surface area (Å²) in [7, 11) is -9.49. The summed E-state index contributed by atoms with van der Waals surface area (Å²) in [6.07, 6.45) is 0.996.